The molecule has 0 amide bonds. The van der Waals surface area contributed by atoms with E-state index in [4.69, 9.17) is 21.4 Å². The van der Waals surface area contributed by atoms with Gasteiger partial charge < -0.3 is 5.48 Å². The van der Waals surface area contributed by atoms with E-state index in [9.17, 15) is 14.7 Å². The van der Waals surface area contributed by atoms with Gasteiger partial charge in [-0.1, -0.05) is 0 Å². The van der Waals surface area contributed by atoms with Crippen LogP contribution in [0.25, 0.3) is 0 Å². The van der Waals surface area contributed by atoms with E-state index in [0.717, 1.165) is 0 Å². The summed E-state index contributed by atoms with van der Waals surface area (Å²) in [6.45, 7) is 0. The molecule has 1 radical (unpaired) electrons. The zero-order valence-electron chi connectivity index (χ0n) is 8.68. The molecule has 4 unspecified atom stereocenters. The molecule has 0 aliphatic carbocycles. The molecule has 1 aliphatic heterocycles. The summed E-state index contributed by atoms with van der Waals surface area (Å²) in [6, 6.07) is 0. The molecule has 0 aromatic rings. The van der Waals surface area contributed by atoms with Crippen molar-refractivity contribution in [3.05, 3.63) is 0 Å². The molecule has 9 nitrogen and oxygen atoms in total. The van der Waals surface area contributed by atoms with Gasteiger partial charge in [-0.25, -0.2) is 0 Å². The van der Waals surface area contributed by atoms with Crippen LogP contribution in [0.4, 0.5) is 0 Å². The fourth-order valence-corrected chi connectivity index (χ4v) is 2.95. The average Bonchev–Trinajstić information content (AvgIpc) is 2.63. The summed E-state index contributed by atoms with van der Waals surface area (Å²) in [4.78, 5) is 20.9. The van der Waals surface area contributed by atoms with Gasteiger partial charge in [-0.15, -0.1) is 0 Å². The second-order valence-corrected chi connectivity index (χ2v) is 4.41. The molecule has 1 fully saturated rings. The average molecular weight is 387 g/mol. The third-order valence-corrected chi connectivity index (χ3v) is 3.61. The van der Waals surface area contributed by atoms with E-state index in [2.05, 4.69) is 0 Å². The molecule has 4 atom stereocenters. The van der Waals surface area contributed by atoms with Crippen molar-refractivity contribution in [1.29, 1.82) is 0 Å². The van der Waals surface area contributed by atoms with Crippen molar-refractivity contribution < 1.29 is 92.9 Å². The standard InChI is InChI=1S/C6H8O8.K.H2O.Sb/c7-1(3(9)5(11)12)2(8)4(10)6(13)14;;;/h1-4,7,9H,(H,11,12)(H,13,14);;1H2;/q-2;+1;;+2. The van der Waals surface area contributed by atoms with Crippen LogP contribution in [0.5, 0.6) is 0 Å². The van der Waals surface area contributed by atoms with Gasteiger partial charge in [0.15, 0.2) is 0 Å². The molecule has 0 spiro atoms. The third kappa shape index (κ3) is 5.37. The van der Waals surface area contributed by atoms with Gasteiger partial charge in [0.05, 0.1) is 0 Å². The summed E-state index contributed by atoms with van der Waals surface area (Å²) in [5, 5.41) is 35.4. The van der Waals surface area contributed by atoms with Crippen molar-refractivity contribution in [3.8, 4) is 0 Å². The maximum atomic E-state index is 10.6. The van der Waals surface area contributed by atoms with Gasteiger partial charge in [0.1, 0.15) is 0 Å². The first-order valence-electron chi connectivity index (χ1n) is 3.79. The van der Waals surface area contributed by atoms with Crippen molar-refractivity contribution in [2.75, 3.05) is 0 Å². The van der Waals surface area contributed by atoms with Crippen LogP contribution in [-0.4, -0.2) is 84.7 Å². The largest absolute Gasteiger partial charge is 1.00 e. The molecular formula is C6H10KO9Sb+. The molecule has 0 aromatic carbocycles. The maximum absolute atomic E-state index is 10.6. The van der Waals surface area contributed by atoms with Crippen LogP contribution in [0, 0.1) is 0 Å². The first-order chi connectivity index (χ1) is 6.95. The summed E-state index contributed by atoms with van der Waals surface area (Å²) in [6.07, 6.45) is -6.65. The Bertz CT molecular complexity index is 274. The minimum absolute atomic E-state index is 0. The van der Waals surface area contributed by atoms with Crippen LogP contribution in [0.1, 0.15) is 0 Å². The first kappa shape index (κ1) is 20.5. The van der Waals surface area contributed by atoms with Gasteiger partial charge in [0.2, 0.25) is 0 Å². The Kier molecular flexibility index (Phi) is 11.0. The first-order valence-corrected chi connectivity index (χ1v) is 5.87. The summed E-state index contributed by atoms with van der Waals surface area (Å²) in [5.74, 6) is -3.00. The summed E-state index contributed by atoms with van der Waals surface area (Å²) >= 11 is -1.63. The van der Waals surface area contributed by atoms with Crippen LogP contribution in [-0.2, 0) is 15.6 Å². The number of carboxylic acids is 2. The van der Waals surface area contributed by atoms with E-state index < -0.39 is 58.8 Å². The molecule has 6 N–H and O–H groups in total. The molecule has 1 aliphatic rings. The van der Waals surface area contributed by atoms with Gasteiger partial charge in [-0.05, 0) is 0 Å². The molecule has 1 saturated heterocycles. The van der Waals surface area contributed by atoms with Crippen LogP contribution >= 0.6 is 0 Å². The number of aliphatic carboxylic acids is 2. The number of carbonyl (C=O) groups is 2. The molecule has 0 saturated carbocycles. The number of hydrogen-bond acceptors (Lipinski definition) is 6. The van der Waals surface area contributed by atoms with Gasteiger partial charge in [-0.3, -0.25) is 0 Å². The fourth-order valence-electron chi connectivity index (χ4n) is 0.989. The summed E-state index contributed by atoms with van der Waals surface area (Å²) in [7, 11) is 0. The van der Waals surface area contributed by atoms with Crippen molar-refractivity contribution >= 4 is 34.4 Å². The maximum Gasteiger partial charge on any atom is 1.00 e. The van der Waals surface area contributed by atoms with Crippen LogP contribution in [0.3, 0.4) is 0 Å². The Morgan fingerprint density at radius 1 is 1.18 bits per heavy atom. The number of rotatable bonds is 4. The Labute approximate surface area is 149 Å². The van der Waals surface area contributed by atoms with Gasteiger partial charge >= 0.3 is 146 Å². The minimum atomic E-state index is -2.09. The Hall–Kier alpha value is 1.19. The normalized spacial score (nSPS) is 26.2. The van der Waals surface area contributed by atoms with E-state index in [-0.39, 0.29) is 56.9 Å². The van der Waals surface area contributed by atoms with E-state index in [1.807, 2.05) is 0 Å². The predicted molar refractivity (Wildman–Crippen MR) is 46.4 cm³/mol. The summed E-state index contributed by atoms with van der Waals surface area (Å²) < 4.78 is 9.58. The van der Waals surface area contributed by atoms with Crippen LogP contribution < -0.4 is 51.4 Å². The van der Waals surface area contributed by atoms with Crippen molar-refractivity contribution in [2.45, 2.75) is 24.4 Å². The quantitative estimate of drug-likeness (QED) is 0.346. The van der Waals surface area contributed by atoms with Gasteiger partial charge in [-0.2, -0.15) is 0 Å². The third-order valence-electron chi connectivity index (χ3n) is 1.78. The Balaban J connectivity index is 0. The van der Waals surface area contributed by atoms with Crippen molar-refractivity contribution in [3.63, 3.8) is 0 Å². The Morgan fingerprint density at radius 2 is 1.71 bits per heavy atom. The molecule has 17 heavy (non-hydrogen) atoms. The zero-order valence-corrected chi connectivity index (χ0v) is 14.4. The Morgan fingerprint density at radius 3 is 2.12 bits per heavy atom. The van der Waals surface area contributed by atoms with Crippen LogP contribution in [0.15, 0.2) is 0 Å². The number of aliphatic hydroxyl groups excluding tert-OH is 2. The smallest absolute Gasteiger partial charge is 1.00 e. The molecule has 11 heteroatoms. The predicted octanol–water partition coefficient (Wildman–Crippen LogP) is -6.63. The van der Waals surface area contributed by atoms with Gasteiger partial charge in [0, 0.05) is 0 Å². The van der Waals surface area contributed by atoms with E-state index in [0.29, 0.717) is 0 Å². The number of hydrogen-bond donors (Lipinski definition) is 4. The topological polar surface area (TPSA) is 165 Å². The van der Waals surface area contributed by atoms with E-state index >= 15 is 0 Å². The SMILES string of the molecule is O.O=C(O)C(O)C(O)C1[O][Sb][O]C1C(=O)O.[K+]. The van der Waals surface area contributed by atoms with Gasteiger partial charge in [0.25, 0.3) is 0 Å². The zero-order chi connectivity index (χ0) is 11.6. The van der Waals surface area contributed by atoms with Crippen molar-refractivity contribution in [2.24, 2.45) is 0 Å². The molecule has 0 aromatic heterocycles. The second-order valence-electron chi connectivity index (χ2n) is 2.78. The fraction of sp³-hybridized carbons (Fsp3) is 0.667. The molecular weight excluding hydrogens is 377 g/mol. The minimum Gasteiger partial charge on any atom is 1.00 e. The number of carboxylic acid groups (broad SMARTS) is 2. The summed E-state index contributed by atoms with van der Waals surface area (Å²) in [5.41, 5.74) is 0. The van der Waals surface area contributed by atoms with E-state index in [1.165, 1.54) is 0 Å². The van der Waals surface area contributed by atoms with Crippen molar-refractivity contribution in [1.82, 2.24) is 0 Å². The molecule has 1 rings (SSSR count). The van der Waals surface area contributed by atoms with Crippen LogP contribution in [0.2, 0.25) is 0 Å². The van der Waals surface area contributed by atoms with E-state index in [1.54, 1.807) is 0 Å². The molecule has 1 heterocycles. The second kappa shape index (κ2) is 9.15. The molecule has 0 bridgehead atoms. The monoisotopic (exact) mass is 386 g/mol. The molecule has 93 valence electrons. The number of aliphatic hydroxyl groups is 2.